The molecule has 104 valence electrons. The molecule has 1 aliphatic rings. The van der Waals surface area contributed by atoms with Crippen LogP contribution in [-0.4, -0.2) is 65.6 Å². The number of carbonyl (C=O) groups excluding carboxylic acids is 1. The summed E-state index contributed by atoms with van der Waals surface area (Å²) in [4.78, 5) is 23.8. The molecule has 0 aromatic heterocycles. The van der Waals surface area contributed by atoms with Crippen molar-refractivity contribution in [3.63, 3.8) is 0 Å². The van der Waals surface area contributed by atoms with E-state index in [0.717, 1.165) is 6.42 Å². The molecule has 1 unspecified atom stereocenters. The number of hydrogen-bond acceptors (Lipinski definition) is 4. The van der Waals surface area contributed by atoms with Crippen molar-refractivity contribution in [1.82, 2.24) is 10.2 Å². The first-order valence-corrected chi connectivity index (χ1v) is 6.06. The molecule has 0 spiro atoms. The maximum atomic E-state index is 11.8. The lowest BCUT2D eigenvalue weighted by Crippen LogP contribution is -2.43. The summed E-state index contributed by atoms with van der Waals surface area (Å²) in [6.45, 7) is 3.82. The van der Waals surface area contributed by atoms with Gasteiger partial charge in [-0.2, -0.15) is 0 Å². The molecule has 1 saturated heterocycles. The van der Waals surface area contributed by atoms with Crippen molar-refractivity contribution in [2.45, 2.75) is 32.0 Å². The summed E-state index contributed by atoms with van der Waals surface area (Å²) in [5, 5.41) is 20.1. The number of carboxylic acid groups (broad SMARTS) is 1. The van der Waals surface area contributed by atoms with Gasteiger partial charge < -0.3 is 25.2 Å². The van der Waals surface area contributed by atoms with Crippen molar-refractivity contribution in [3.05, 3.63) is 0 Å². The normalized spacial score (nSPS) is 22.1. The minimum absolute atomic E-state index is 0.000959. The number of amides is 2. The fourth-order valence-electron chi connectivity index (χ4n) is 1.73. The maximum Gasteiger partial charge on any atom is 0.332 e. The van der Waals surface area contributed by atoms with Crippen LogP contribution < -0.4 is 5.32 Å². The fourth-order valence-corrected chi connectivity index (χ4v) is 1.73. The Labute approximate surface area is 106 Å². The lowest BCUT2D eigenvalue weighted by molar-refractivity contribution is -0.146. The molecule has 0 aromatic rings. The topological polar surface area (TPSA) is 99.1 Å². The first kappa shape index (κ1) is 14.7. The third-order valence-electron chi connectivity index (χ3n) is 2.72. The predicted octanol–water partition coefficient (Wildman–Crippen LogP) is -0.358. The zero-order valence-corrected chi connectivity index (χ0v) is 10.5. The Morgan fingerprint density at radius 3 is 2.94 bits per heavy atom. The van der Waals surface area contributed by atoms with Gasteiger partial charge in [0.2, 0.25) is 0 Å². The van der Waals surface area contributed by atoms with E-state index >= 15 is 0 Å². The fraction of sp³-hybridized carbons (Fsp3) is 0.818. The summed E-state index contributed by atoms with van der Waals surface area (Å²) >= 11 is 0. The third-order valence-corrected chi connectivity index (χ3v) is 2.72. The number of aliphatic hydroxyl groups excluding tert-OH is 1. The number of ether oxygens (including phenoxy) is 1. The van der Waals surface area contributed by atoms with Gasteiger partial charge >= 0.3 is 12.0 Å². The quantitative estimate of drug-likeness (QED) is 0.641. The molecule has 1 heterocycles. The van der Waals surface area contributed by atoms with Crippen LogP contribution in [0.15, 0.2) is 0 Å². The summed E-state index contributed by atoms with van der Waals surface area (Å²) in [5.74, 6) is -1.28. The Morgan fingerprint density at radius 2 is 2.28 bits per heavy atom. The Balaban J connectivity index is 2.29. The van der Waals surface area contributed by atoms with E-state index in [-0.39, 0.29) is 25.1 Å². The Kier molecular flexibility index (Phi) is 5.87. The second-order valence-corrected chi connectivity index (χ2v) is 4.36. The molecule has 0 saturated carbocycles. The number of nitrogens with one attached hydrogen (secondary N) is 1. The summed E-state index contributed by atoms with van der Waals surface area (Å²) in [5.41, 5.74) is 0. The molecular formula is C11H20N2O5. The number of nitrogens with zero attached hydrogens (tertiary/aromatic N) is 1. The molecule has 0 aromatic carbocycles. The zero-order chi connectivity index (χ0) is 13.5. The molecule has 1 fully saturated rings. The smallest absolute Gasteiger partial charge is 0.332 e. The molecule has 0 aliphatic carbocycles. The van der Waals surface area contributed by atoms with E-state index in [1.54, 1.807) is 4.90 Å². The highest BCUT2D eigenvalue weighted by molar-refractivity contribution is 5.74. The molecule has 1 rings (SSSR count). The van der Waals surface area contributed by atoms with Crippen LogP contribution in [0.25, 0.3) is 0 Å². The van der Waals surface area contributed by atoms with Crippen molar-refractivity contribution in [2.75, 3.05) is 26.2 Å². The van der Waals surface area contributed by atoms with E-state index in [2.05, 4.69) is 5.32 Å². The van der Waals surface area contributed by atoms with Crippen LogP contribution in [0.5, 0.6) is 0 Å². The SMILES string of the molecule is CC1CN(C(=O)NCC[C@H](O)C(=O)O)CCCO1. The van der Waals surface area contributed by atoms with Crippen LogP contribution in [0.4, 0.5) is 4.79 Å². The lowest BCUT2D eigenvalue weighted by Gasteiger charge is -2.22. The summed E-state index contributed by atoms with van der Waals surface area (Å²) in [6, 6.07) is -0.245. The number of carboxylic acids is 1. The van der Waals surface area contributed by atoms with E-state index in [0.29, 0.717) is 19.7 Å². The molecule has 7 nitrogen and oxygen atoms in total. The van der Waals surface area contributed by atoms with Gasteiger partial charge in [0.1, 0.15) is 0 Å². The van der Waals surface area contributed by atoms with Gasteiger partial charge in [-0.3, -0.25) is 0 Å². The van der Waals surface area contributed by atoms with E-state index in [4.69, 9.17) is 14.9 Å². The zero-order valence-electron chi connectivity index (χ0n) is 10.5. The van der Waals surface area contributed by atoms with E-state index in [9.17, 15) is 9.59 Å². The average molecular weight is 260 g/mol. The Morgan fingerprint density at radius 1 is 1.56 bits per heavy atom. The van der Waals surface area contributed by atoms with Gasteiger partial charge in [0, 0.05) is 32.7 Å². The van der Waals surface area contributed by atoms with E-state index in [1.165, 1.54) is 0 Å². The third kappa shape index (κ3) is 4.89. The summed E-state index contributed by atoms with van der Waals surface area (Å²) in [6.07, 6.45) is -0.643. The Bertz CT molecular complexity index is 297. The molecular weight excluding hydrogens is 240 g/mol. The number of aliphatic hydroxyl groups is 1. The van der Waals surface area contributed by atoms with Crippen LogP contribution in [0.1, 0.15) is 19.8 Å². The van der Waals surface area contributed by atoms with Crippen molar-refractivity contribution in [2.24, 2.45) is 0 Å². The molecule has 3 N–H and O–H groups in total. The van der Waals surface area contributed by atoms with E-state index in [1.807, 2.05) is 6.92 Å². The van der Waals surface area contributed by atoms with Gasteiger partial charge in [-0.05, 0) is 13.3 Å². The van der Waals surface area contributed by atoms with Gasteiger partial charge in [-0.1, -0.05) is 0 Å². The Hall–Kier alpha value is -1.34. The van der Waals surface area contributed by atoms with Gasteiger partial charge in [-0.15, -0.1) is 0 Å². The number of rotatable bonds is 4. The number of hydrogen-bond donors (Lipinski definition) is 3. The van der Waals surface area contributed by atoms with Crippen LogP contribution in [0, 0.1) is 0 Å². The molecule has 18 heavy (non-hydrogen) atoms. The number of carbonyl (C=O) groups is 2. The molecule has 0 radical (unpaired) electrons. The average Bonchev–Trinajstić information content (AvgIpc) is 2.53. The summed E-state index contributed by atoms with van der Waals surface area (Å²) in [7, 11) is 0. The second kappa shape index (κ2) is 7.17. The van der Waals surface area contributed by atoms with Crippen molar-refractivity contribution < 1.29 is 24.5 Å². The van der Waals surface area contributed by atoms with E-state index < -0.39 is 12.1 Å². The molecule has 1 aliphatic heterocycles. The highest BCUT2D eigenvalue weighted by atomic mass is 16.5. The predicted molar refractivity (Wildman–Crippen MR) is 63.3 cm³/mol. The van der Waals surface area contributed by atoms with Gasteiger partial charge in [0.15, 0.2) is 6.10 Å². The monoisotopic (exact) mass is 260 g/mol. The minimum Gasteiger partial charge on any atom is -0.479 e. The van der Waals surface area contributed by atoms with Gasteiger partial charge in [0.25, 0.3) is 0 Å². The highest BCUT2D eigenvalue weighted by Crippen LogP contribution is 2.05. The van der Waals surface area contributed by atoms with Crippen LogP contribution in [-0.2, 0) is 9.53 Å². The first-order chi connectivity index (χ1) is 8.50. The summed E-state index contributed by atoms with van der Waals surface area (Å²) < 4.78 is 5.42. The first-order valence-electron chi connectivity index (χ1n) is 6.06. The largest absolute Gasteiger partial charge is 0.479 e. The molecule has 7 heteroatoms. The molecule has 2 atom stereocenters. The van der Waals surface area contributed by atoms with Crippen molar-refractivity contribution >= 4 is 12.0 Å². The standard InChI is InChI=1S/C11H20N2O5/c1-8-7-13(5-2-6-18-8)11(17)12-4-3-9(14)10(15)16/h8-9,14H,2-7H2,1H3,(H,12,17)(H,15,16)/t8?,9-/m0/s1. The minimum atomic E-state index is -1.43. The van der Waals surface area contributed by atoms with Crippen LogP contribution in [0.3, 0.4) is 0 Å². The van der Waals surface area contributed by atoms with Crippen molar-refractivity contribution in [3.8, 4) is 0 Å². The van der Waals surface area contributed by atoms with Crippen LogP contribution >= 0.6 is 0 Å². The lowest BCUT2D eigenvalue weighted by atomic mass is 10.2. The number of aliphatic carboxylic acids is 1. The maximum absolute atomic E-state index is 11.8. The second-order valence-electron chi connectivity index (χ2n) is 4.36. The highest BCUT2D eigenvalue weighted by Gasteiger charge is 2.20. The van der Waals surface area contributed by atoms with Crippen LogP contribution in [0.2, 0.25) is 0 Å². The molecule has 0 bridgehead atoms. The molecule has 2 amide bonds. The van der Waals surface area contributed by atoms with Crippen molar-refractivity contribution in [1.29, 1.82) is 0 Å². The number of urea groups is 1. The van der Waals surface area contributed by atoms with Gasteiger partial charge in [-0.25, -0.2) is 9.59 Å². The van der Waals surface area contributed by atoms with Gasteiger partial charge in [0.05, 0.1) is 6.10 Å².